The SMILES string of the molecule is CC(C[CH]c1ccccc1)NC(=O)c1ccccc1C(=O)O. The lowest BCUT2D eigenvalue weighted by Crippen LogP contribution is -2.33. The molecule has 0 fully saturated rings. The van der Waals surface area contributed by atoms with Crippen LogP contribution in [0, 0.1) is 6.42 Å². The second-order valence-electron chi connectivity index (χ2n) is 5.08. The van der Waals surface area contributed by atoms with Gasteiger partial charge in [-0.1, -0.05) is 42.5 Å². The number of carboxylic acids is 1. The van der Waals surface area contributed by atoms with E-state index >= 15 is 0 Å². The van der Waals surface area contributed by atoms with E-state index in [0.29, 0.717) is 6.42 Å². The summed E-state index contributed by atoms with van der Waals surface area (Å²) in [6, 6.07) is 16.0. The van der Waals surface area contributed by atoms with E-state index in [4.69, 9.17) is 5.11 Å². The molecule has 1 radical (unpaired) electrons. The fraction of sp³-hybridized carbons (Fsp3) is 0.167. The largest absolute Gasteiger partial charge is 0.478 e. The van der Waals surface area contributed by atoms with Crippen LogP contribution >= 0.6 is 0 Å². The van der Waals surface area contributed by atoms with Gasteiger partial charge in [-0.25, -0.2) is 4.79 Å². The number of hydrogen-bond acceptors (Lipinski definition) is 2. The van der Waals surface area contributed by atoms with Crippen molar-refractivity contribution in [1.82, 2.24) is 5.32 Å². The van der Waals surface area contributed by atoms with Crippen molar-refractivity contribution in [3.8, 4) is 0 Å². The highest BCUT2D eigenvalue weighted by Gasteiger charge is 2.17. The zero-order chi connectivity index (χ0) is 15.9. The molecule has 0 bridgehead atoms. The molecule has 0 aliphatic heterocycles. The Hall–Kier alpha value is -2.62. The van der Waals surface area contributed by atoms with Gasteiger partial charge in [0.1, 0.15) is 0 Å². The average Bonchev–Trinajstić information content (AvgIpc) is 2.54. The van der Waals surface area contributed by atoms with E-state index in [1.165, 1.54) is 12.1 Å². The first-order valence-corrected chi connectivity index (χ1v) is 7.09. The number of carbonyl (C=O) groups excluding carboxylic acids is 1. The molecule has 22 heavy (non-hydrogen) atoms. The second kappa shape index (κ2) is 7.41. The Morgan fingerprint density at radius 3 is 2.27 bits per heavy atom. The van der Waals surface area contributed by atoms with Crippen molar-refractivity contribution in [3.63, 3.8) is 0 Å². The molecule has 2 rings (SSSR count). The molecule has 1 amide bonds. The molecule has 0 aliphatic rings. The topological polar surface area (TPSA) is 66.4 Å². The van der Waals surface area contributed by atoms with E-state index in [0.717, 1.165) is 5.56 Å². The number of rotatable bonds is 6. The minimum Gasteiger partial charge on any atom is -0.478 e. The van der Waals surface area contributed by atoms with Gasteiger partial charge in [-0.2, -0.15) is 0 Å². The van der Waals surface area contributed by atoms with Crippen molar-refractivity contribution in [1.29, 1.82) is 0 Å². The summed E-state index contributed by atoms with van der Waals surface area (Å²) in [5, 5.41) is 11.9. The number of aromatic carboxylic acids is 1. The first-order chi connectivity index (χ1) is 10.6. The molecule has 0 spiro atoms. The lowest BCUT2D eigenvalue weighted by atomic mass is 10.0. The fourth-order valence-electron chi connectivity index (χ4n) is 2.13. The summed E-state index contributed by atoms with van der Waals surface area (Å²) in [5.41, 5.74) is 1.29. The number of carbonyl (C=O) groups is 2. The monoisotopic (exact) mass is 296 g/mol. The van der Waals surface area contributed by atoms with Crippen molar-refractivity contribution in [2.24, 2.45) is 0 Å². The van der Waals surface area contributed by atoms with Crippen LogP contribution in [0.25, 0.3) is 0 Å². The predicted octanol–water partition coefficient (Wildman–Crippen LogP) is 3.15. The fourth-order valence-corrected chi connectivity index (χ4v) is 2.13. The van der Waals surface area contributed by atoms with E-state index in [9.17, 15) is 9.59 Å². The van der Waals surface area contributed by atoms with Gasteiger partial charge in [-0.3, -0.25) is 4.79 Å². The van der Waals surface area contributed by atoms with Crippen LogP contribution in [-0.4, -0.2) is 23.0 Å². The van der Waals surface area contributed by atoms with Crippen molar-refractivity contribution >= 4 is 11.9 Å². The lowest BCUT2D eigenvalue weighted by Gasteiger charge is -2.14. The van der Waals surface area contributed by atoms with Gasteiger partial charge in [-0.05, 0) is 37.5 Å². The summed E-state index contributed by atoms with van der Waals surface area (Å²) in [5.74, 6) is -1.47. The van der Waals surface area contributed by atoms with Gasteiger partial charge in [-0.15, -0.1) is 0 Å². The normalized spacial score (nSPS) is 11.7. The molecule has 0 heterocycles. The molecule has 4 heteroatoms. The van der Waals surface area contributed by atoms with Crippen LogP contribution in [0.3, 0.4) is 0 Å². The number of carboxylic acid groups (broad SMARTS) is 1. The summed E-state index contributed by atoms with van der Waals surface area (Å²) < 4.78 is 0. The minimum atomic E-state index is -1.10. The van der Waals surface area contributed by atoms with Crippen LogP contribution in [-0.2, 0) is 0 Å². The maximum absolute atomic E-state index is 12.2. The van der Waals surface area contributed by atoms with Gasteiger partial charge in [0.25, 0.3) is 5.91 Å². The van der Waals surface area contributed by atoms with Crippen LogP contribution in [0.2, 0.25) is 0 Å². The van der Waals surface area contributed by atoms with Crippen LogP contribution in [0.15, 0.2) is 54.6 Å². The number of hydrogen-bond donors (Lipinski definition) is 2. The Morgan fingerprint density at radius 2 is 1.64 bits per heavy atom. The third-order valence-corrected chi connectivity index (χ3v) is 3.29. The number of benzene rings is 2. The predicted molar refractivity (Wildman–Crippen MR) is 84.8 cm³/mol. The molecule has 0 saturated carbocycles. The highest BCUT2D eigenvalue weighted by atomic mass is 16.4. The van der Waals surface area contributed by atoms with Crippen LogP contribution in [0.4, 0.5) is 0 Å². The smallest absolute Gasteiger partial charge is 0.336 e. The molecule has 2 N–H and O–H groups in total. The molecular formula is C18H18NO3. The molecule has 4 nitrogen and oxygen atoms in total. The highest BCUT2D eigenvalue weighted by Crippen LogP contribution is 2.11. The van der Waals surface area contributed by atoms with Gasteiger partial charge < -0.3 is 10.4 Å². The van der Waals surface area contributed by atoms with E-state index in [1.54, 1.807) is 12.1 Å². The molecule has 113 valence electrons. The summed E-state index contributed by atoms with van der Waals surface area (Å²) in [4.78, 5) is 23.3. The van der Waals surface area contributed by atoms with Crippen molar-refractivity contribution in [2.75, 3.05) is 0 Å². The van der Waals surface area contributed by atoms with Gasteiger partial charge in [0, 0.05) is 6.04 Å². The standard InChI is InChI=1S/C18H18NO3/c1-13(11-12-14-7-3-2-4-8-14)19-17(20)15-9-5-6-10-16(15)18(21)22/h2-10,12-13H,11H2,1H3,(H,19,20)(H,21,22). The number of nitrogens with one attached hydrogen (secondary N) is 1. The molecule has 0 aromatic heterocycles. The first-order valence-electron chi connectivity index (χ1n) is 7.09. The van der Waals surface area contributed by atoms with Crippen LogP contribution in [0.5, 0.6) is 0 Å². The van der Waals surface area contributed by atoms with Crippen molar-refractivity contribution < 1.29 is 14.7 Å². The quantitative estimate of drug-likeness (QED) is 0.860. The third-order valence-electron chi connectivity index (χ3n) is 3.29. The van der Waals surface area contributed by atoms with E-state index in [1.807, 2.05) is 43.7 Å². The summed E-state index contributed by atoms with van der Waals surface area (Å²) in [6.07, 6.45) is 2.71. The van der Waals surface area contributed by atoms with E-state index < -0.39 is 5.97 Å². The van der Waals surface area contributed by atoms with Crippen LogP contribution in [0.1, 0.15) is 39.6 Å². The Morgan fingerprint density at radius 1 is 1.05 bits per heavy atom. The highest BCUT2D eigenvalue weighted by molar-refractivity contribution is 6.04. The first kappa shape index (κ1) is 15.8. The summed E-state index contributed by atoms with van der Waals surface area (Å²) in [6.45, 7) is 1.89. The summed E-state index contributed by atoms with van der Waals surface area (Å²) >= 11 is 0. The molecule has 1 atom stereocenters. The Kier molecular flexibility index (Phi) is 5.31. The second-order valence-corrected chi connectivity index (χ2v) is 5.08. The molecule has 0 aliphatic carbocycles. The lowest BCUT2D eigenvalue weighted by molar-refractivity contribution is 0.0690. The van der Waals surface area contributed by atoms with E-state index in [-0.39, 0.29) is 23.1 Å². The summed E-state index contributed by atoms with van der Waals surface area (Å²) in [7, 11) is 0. The average molecular weight is 296 g/mol. The van der Waals surface area contributed by atoms with Gasteiger partial charge >= 0.3 is 5.97 Å². The van der Waals surface area contributed by atoms with Crippen molar-refractivity contribution in [3.05, 3.63) is 77.7 Å². The molecule has 1 unspecified atom stereocenters. The minimum absolute atomic E-state index is 0.0132. The van der Waals surface area contributed by atoms with Gasteiger partial charge in [0.2, 0.25) is 0 Å². The Bertz CT molecular complexity index is 652. The van der Waals surface area contributed by atoms with Crippen molar-refractivity contribution in [2.45, 2.75) is 19.4 Å². The molecule has 2 aromatic rings. The molecule has 2 aromatic carbocycles. The van der Waals surface area contributed by atoms with Crippen LogP contribution < -0.4 is 5.32 Å². The molecule has 0 saturated heterocycles. The maximum Gasteiger partial charge on any atom is 0.336 e. The Balaban J connectivity index is 1.95. The van der Waals surface area contributed by atoms with Gasteiger partial charge in [0.05, 0.1) is 11.1 Å². The molecular weight excluding hydrogens is 278 g/mol. The zero-order valence-electron chi connectivity index (χ0n) is 12.3. The van der Waals surface area contributed by atoms with Gasteiger partial charge in [0.15, 0.2) is 0 Å². The zero-order valence-corrected chi connectivity index (χ0v) is 12.3. The Labute approximate surface area is 129 Å². The third kappa shape index (κ3) is 4.19. The number of amides is 1. The van der Waals surface area contributed by atoms with E-state index in [2.05, 4.69) is 5.32 Å². The maximum atomic E-state index is 12.2.